The fourth-order valence-corrected chi connectivity index (χ4v) is 3.96. The lowest BCUT2D eigenvalue weighted by Gasteiger charge is -2.39. The number of nitrogens with one attached hydrogen (secondary N) is 1. The quantitative estimate of drug-likeness (QED) is 0.700. The molecule has 6 nitrogen and oxygen atoms in total. The Bertz CT molecular complexity index is 1070. The van der Waals surface area contributed by atoms with E-state index in [-0.39, 0.29) is 12.2 Å². The minimum absolute atomic E-state index is 0.0264. The molecular formula is C23H23N5O. The van der Waals surface area contributed by atoms with Crippen molar-refractivity contribution in [3.05, 3.63) is 66.4 Å². The van der Waals surface area contributed by atoms with E-state index in [1.54, 1.807) is 17.2 Å². The highest BCUT2D eigenvalue weighted by molar-refractivity contribution is 6.06. The zero-order valence-corrected chi connectivity index (χ0v) is 16.5. The van der Waals surface area contributed by atoms with E-state index >= 15 is 0 Å². The van der Waals surface area contributed by atoms with Crippen LogP contribution in [0.3, 0.4) is 0 Å². The molecular weight excluding hydrogens is 362 g/mol. The monoisotopic (exact) mass is 385 g/mol. The zero-order chi connectivity index (χ0) is 20.0. The number of amides is 2. The van der Waals surface area contributed by atoms with Crippen LogP contribution in [-0.2, 0) is 0 Å². The maximum absolute atomic E-state index is 13.1. The Morgan fingerprint density at radius 2 is 2.03 bits per heavy atom. The molecule has 5 rings (SSSR count). The summed E-state index contributed by atoms with van der Waals surface area (Å²) in [5.41, 5.74) is 4.24. The molecule has 2 amide bonds. The molecule has 4 heterocycles. The number of hydrogen-bond donors (Lipinski definition) is 1. The highest BCUT2D eigenvalue weighted by Gasteiger charge is 2.46. The molecule has 0 spiro atoms. The predicted molar refractivity (Wildman–Crippen MR) is 115 cm³/mol. The van der Waals surface area contributed by atoms with E-state index in [2.05, 4.69) is 59.4 Å². The molecule has 1 N–H and O–H groups in total. The normalized spacial score (nSPS) is 17.0. The summed E-state index contributed by atoms with van der Waals surface area (Å²) in [7, 11) is 0. The van der Waals surface area contributed by atoms with E-state index in [0.717, 1.165) is 29.9 Å². The second-order valence-corrected chi connectivity index (χ2v) is 7.80. The van der Waals surface area contributed by atoms with Crippen LogP contribution in [0.2, 0.25) is 0 Å². The maximum atomic E-state index is 13.1. The van der Waals surface area contributed by atoms with Gasteiger partial charge in [0, 0.05) is 24.7 Å². The Balaban J connectivity index is 1.50. The van der Waals surface area contributed by atoms with Gasteiger partial charge in [0.2, 0.25) is 0 Å². The van der Waals surface area contributed by atoms with Crippen LogP contribution >= 0.6 is 0 Å². The standard InChI is InChI=1S/C23H23N5O/c1-15(2)16-6-5-7-17(14-16)18-9-10-19-22(25-18)28(21-11-13-27(19)21)23(29)26-20-8-3-4-12-24-20/h3-10,12,14-15,21H,11,13H2,1-2H3,(H,24,26,29)/t21-/m0/s1. The first-order chi connectivity index (χ1) is 14.1. The van der Waals surface area contributed by atoms with Crippen molar-refractivity contribution in [1.82, 2.24) is 9.97 Å². The first-order valence-corrected chi connectivity index (χ1v) is 10.0. The first kappa shape index (κ1) is 17.7. The van der Waals surface area contributed by atoms with E-state index in [4.69, 9.17) is 4.98 Å². The zero-order valence-electron chi connectivity index (χ0n) is 16.5. The number of carbonyl (C=O) groups is 1. The SMILES string of the molecule is CC(C)c1cccc(-c2ccc3c(n2)N(C(=O)Nc2ccccn2)[C@H]2CCN32)c1. The number of rotatable bonds is 3. The summed E-state index contributed by atoms with van der Waals surface area (Å²) in [6.07, 6.45) is 2.63. The van der Waals surface area contributed by atoms with Crippen molar-refractivity contribution in [3.8, 4) is 11.3 Å². The minimum Gasteiger partial charge on any atom is -0.347 e. The molecule has 3 aromatic rings. The number of benzene rings is 1. The van der Waals surface area contributed by atoms with Crippen molar-refractivity contribution in [1.29, 1.82) is 0 Å². The van der Waals surface area contributed by atoms with Gasteiger partial charge in [0.15, 0.2) is 5.82 Å². The lowest BCUT2D eigenvalue weighted by Crippen LogP contribution is -2.56. The van der Waals surface area contributed by atoms with Crippen molar-refractivity contribution in [3.63, 3.8) is 0 Å². The second kappa shape index (κ2) is 6.88. The lowest BCUT2D eigenvalue weighted by molar-refractivity contribution is 0.252. The minimum atomic E-state index is -0.197. The van der Waals surface area contributed by atoms with Gasteiger partial charge in [0.25, 0.3) is 0 Å². The van der Waals surface area contributed by atoms with Gasteiger partial charge in [-0.3, -0.25) is 10.2 Å². The summed E-state index contributed by atoms with van der Waals surface area (Å²) < 4.78 is 0. The van der Waals surface area contributed by atoms with Crippen LogP contribution in [0.1, 0.15) is 31.7 Å². The maximum Gasteiger partial charge on any atom is 0.330 e. The molecule has 1 aromatic carbocycles. The van der Waals surface area contributed by atoms with E-state index in [0.29, 0.717) is 17.6 Å². The van der Waals surface area contributed by atoms with Crippen LogP contribution in [0.5, 0.6) is 0 Å². The Morgan fingerprint density at radius 1 is 1.14 bits per heavy atom. The van der Waals surface area contributed by atoms with Gasteiger partial charge in [-0.15, -0.1) is 0 Å². The third-order valence-electron chi connectivity index (χ3n) is 5.65. The number of carbonyl (C=O) groups excluding carboxylic acids is 1. The van der Waals surface area contributed by atoms with Gasteiger partial charge in [0.1, 0.15) is 12.0 Å². The lowest BCUT2D eigenvalue weighted by atomic mass is 9.99. The average molecular weight is 385 g/mol. The molecule has 2 aliphatic rings. The van der Waals surface area contributed by atoms with E-state index < -0.39 is 0 Å². The fourth-order valence-electron chi connectivity index (χ4n) is 3.96. The highest BCUT2D eigenvalue weighted by Crippen LogP contribution is 2.45. The van der Waals surface area contributed by atoms with Gasteiger partial charge < -0.3 is 4.90 Å². The smallest absolute Gasteiger partial charge is 0.330 e. The molecule has 2 aliphatic heterocycles. The predicted octanol–water partition coefficient (Wildman–Crippen LogP) is 4.86. The van der Waals surface area contributed by atoms with Crippen LogP contribution in [0.25, 0.3) is 11.3 Å². The first-order valence-electron chi connectivity index (χ1n) is 10.0. The average Bonchev–Trinajstić information content (AvgIpc) is 2.94. The van der Waals surface area contributed by atoms with E-state index in [9.17, 15) is 4.79 Å². The molecule has 0 saturated carbocycles. The number of fused-ring (bicyclic) bond motifs is 3. The molecule has 1 fully saturated rings. The van der Waals surface area contributed by atoms with Crippen molar-refractivity contribution in [2.24, 2.45) is 0 Å². The van der Waals surface area contributed by atoms with Crippen LogP contribution in [0.4, 0.5) is 22.1 Å². The van der Waals surface area contributed by atoms with E-state index in [1.807, 2.05) is 18.2 Å². The van der Waals surface area contributed by atoms with Gasteiger partial charge >= 0.3 is 6.03 Å². The van der Waals surface area contributed by atoms with Crippen molar-refractivity contribution >= 4 is 23.4 Å². The summed E-state index contributed by atoms with van der Waals surface area (Å²) in [6, 6.07) is 17.9. The van der Waals surface area contributed by atoms with E-state index in [1.165, 1.54) is 5.56 Å². The Kier molecular flexibility index (Phi) is 4.19. The summed E-state index contributed by atoms with van der Waals surface area (Å²) in [5.74, 6) is 1.71. The molecule has 2 aromatic heterocycles. The molecule has 1 atom stereocenters. The molecule has 0 radical (unpaired) electrons. The van der Waals surface area contributed by atoms with Gasteiger partial charge in [-0.1, -0.05) is 38.1 Å². The third-order valence-corrected chi connectivity index (χ3v) is 5.65. The summed E-state index contributed by atoms with van der Waals surface area (Å²) >= 11 is 0. The van der Waals surface area contributed by atoms with Crippen LogP contribution < -0.4 is 15.1 Å². The van der Waals surface area contributed by atoms with Gasteiger partial charge in [-0.25, -0.2) is 14.8 Å². The number of hydrogen-bond acceptors (Lipinski definition) is 4. The summed E-state index contributed by atoms with van der Waals surface area (Å²) in [5, 5.41) is 2.90. The largest absolute Gasteiger partial charge is 0.347 e. The van der Waals surface area contributed by atoms with Gasteiger partial charge in [-0.05, 0) is 41.8 Å². The molecule has 6 heteroatoms. The third kappa shape index (κ3) is 3.01. The number of anilines is 3. The Labute approximate surface area is 170 Å². The number of pyridine rings is 2. The highest BCUT2D eigenvalue weighted by atomic mass is 16.2. The molecule has 1 saturated heterocycles. The Morgan fingerprint density at radius 3 is 2.76 bits per heavy atom. The van der Waals surface area contributed by atoms with Crippen molar-refractivity contribution in [2.45, 2.75) is 32.4 Å². The second-order valence-electron chi connectivity index (χ2n) is 7.80. The number of urea groups is 1. The van der Waals surface area contributed by atoms with Crippen LogP contribution in [0.15, 0.2) is 60.8 Å². The molecule has 0 bridgehead atoms. The molecule has 0 aliphatic carbocycles. The van der Waals surface area contributed by atoms with Crippen molar-refractivity contribution in [2.75, 3.05) is 21.7 Å². The van der Waals surface area contributed by atoms with Gasteiger partial charge in [-0.2, -0.15) is 0 Å². The Hall–Kier alpha value is -3.41. The number of aromatic nitrogens is 2. The summed E-state index contributed by atoms with van der Waals surface area (Å²) in [6.45, 7) is 5.31. The fraction of sp³-hybridized carbons (Fsp3) is 0.261. The topological polar surface area (TPSA) is 61.4 Å². The van der Waals surface area contributed by atoms with Crippen molar-refractivity contribution < 1.29 is 4.79 Å². The molecule has 0 unspecified atom stereocenters. The molecule has 29 heavy (non-hydrogen) atoms. The summed E-state index contributed by atoms with van der Waals surface area (Å²) in [4.78, 5) is 26.2. The number of nitrogens with zero attached hydrogens (tertiary/aromatic N) is 4. The van der Waals surface area contributed by atoms with Gasteiger partial charge in [0.05, 0.1) is 11.4 Å². The van der Waals surface area contributed by atoms with Crippen LogP contribution in [-0.4, -0.2) is 28.7 Å². The van der Waals surface area contributed by atoms with Crippen LogP contribution in [0, 0.1) is 0 Å². The molecule has 146 valence electrons.